The Bertz CT molecular complexity index is 507. The molecule has 0 aromatic carbocycles. The average Bonchev–Trinajstić information content (AvgIpc) is 2.79. The number of hydrogen-bond donors (Lipinski definition) is 1. The van der Waals surface area contributed by atoms with Crippen LogP contribution in [0, 0.1) is 0 Å². The van der Waals surface area contributed by atoms with Crippen LogP contribution in [-0.2, 0) is 19.4 Å². The smallest absolute Gasteiger partial charge is 0.191 e. The molecule has 2 aliphatic rings. The van der Waals surface area contributed by atoms with E-state index in [0.717, 1.165) is 57.2 Å². The van der Waals surface area contributed by atoms with E-state index in [0.29, 0.717) is 0 Å². The van der Waals surface area contributed by atoms with Crippen molar-refractivity contribution in [2.45, 2.75) is 64.3 Å². The van der Waals surface area contributed by atoms with E-state index in [1.54, 1.807) is 0 Å². The Morgan fingerprint density at radius 1 is 1.00 bits per heavy atom. The van der Waals surface area contributed by atoms with Crippen molar-refractivity contribution in [3.05, 3.63) is 11.6 Å². The number of halogens is 1. The Labute approximate surface area is 155 Å². The summed E-state index contributed by atoms with van der Waals surface area (Å²) in [6, 6.07) is 0. The Morgan fingerprint density at radius 3 is 2.57 bits per heavy atom. The van der Waals surface area contributed by atoms with Crippen molar-refractivity contribution in [2.75, 3.05) is 19.6 Å². The Hall–Kier alpha value is -0.860. The molecule has 0 amide bonds. The van der Waals surface area contributed by atoms with E-state index in [1.807, 2.05) is 0 Å². The number of aliphatic imine (C=N–C) groups is 1. The molecule has 1 aromatic heterocycles. The minimum absolute atomic E-state index is 0. The van der Waals surface area contributed by atoms with Crippen LogP contribution in [0.4, 0.5) is 0 Å². The standard InChI is InChI=1S/C16H28N6.HI/c17-16(21-11-4-2-5-12-21)18-10-7-9-15-20-19-14-8-3-1-6-13-22(14)15;/h1-13H2,(H2,17,18);1H. The molecule has 2 aliphatic heterocycles. The maximum Gasteiger partial charge on any atom is 0.191 e. The lowest BCUT2D eigenvalue weighted by atomic mass is 10.1. The summed E-state index contributed by atoms with van der Waals surface area (Å²) in [5, 5.41) is 8.72. The number of aromatic nitrogens is 3. The van der Waals surface area contributed by atoms with Crippen molar-refractivity contribution in [1.82, 2.24) is 19.7 Å². The van der Waals surface area contributed by atoms with Crippen LogP contribution in [0.5, 0.6) is 0 Å². The molecule has 1 aromatic rings. The van der Waals surface area contributed by atoms with Gasteiger partial charge in [-0.1, -0.05) is 6.42 Å². The second kappa shape index (κ2) is 9.44. The summed E-state index contributed by atoms with van der Waals surface area (Å²) in [7, 11) is 0. The third kappa shape index (κ3) is 5.06. The zero-order valence-corrected chi connectivity index (χ0v) is 16.2. The molecule has 130 valence electrons. The lowest BCUT2D eigenvalue weighted by molar-refractivity contribution is 0.338. The first kappa shape index (κ1) is 18.5. The number of rotatable bonds is 4. The number of likely N-dealkylation sites (tertiary alicyclic amines) is 1. The van der Waals surface area contributed by atoms with Crippen molar-refractivity contribution in [3.63, 3.8) is 0 Å². The molecule has 0 aliphatic carbocycles. The summed E-state index contributed by atoms with van der Waals surface area (Å²) in [4.78, 5) is 6.76. The zero-order valence-electron chi connectivity index (χ0n) is 13.9. The third-order valence-electron chi connectivity index (χ3n) is 4.70. The molecule has 0 saturated carbocycles. The lowest BCUT2D eigenvalue weighted by Gasteiger charge is -2.27. The van der Waals surface area contributed by atoms with Gasteiger partial charge in [-0.25, -0.2) is 0 Å². The first-order valence-corrected chi connectivity index (χ1v) is 8.80. The van der Waals surface area contributed by atoms with Gasteiger partial charge in [0.2, 0.25) is 0 Å². The quantitative estimate of drug-likeness (QED) is 0.343. The number of fused-ring (bicyclic) bond motifs is 1. The number of piperidine rings is 1. The van der Waals surface area contributed by atoms with E-state index >= 15 is 0 Å². The van der Waals surface area contributed by atoms with E-state index in [9.17, 15) is 0 Å². The molecule has 2 N–H and O–H groups in total. The molecule has 1 fully saturated rings. The SMILES string of the molecule is I.NC(=NCCCc1nnc2n1CCCCC2)N1CCCCC1. The molecule has 0 unspecified atom stereocenters. The molecular weight excluding hydrogens is 403 g/mol. The predicted octanol–water partition coefficient (Wildman–Crippen LogP) is 2.36. The van der Waals surface area contributed by atoms with Gasteiger partial charge in [0.05, 0.1) is 0 Å². The van der Waals surface area contributed by atoms with Gasteiger partial charge in [-0.3, -0.25) is 4.99 Å². The van der Waals surface area contributed by atoms with Gasteiger partial charge in [0, 0.05) is 39.0 Å². The average molecular weight is 432 g/mol. The van der Waals surface area contributed by atoms with Gasteiger partial charge in [-0.2, -0.15) is 0 Å². The van der Waals surface area contributed by atoms with Gasteiger partial charge in [0.1, 0.15) is 11.6 Å². The highest BCUT2D eigenvalue weighted by atomic mass is 127. The van der Waals surface area contributed by atoms with E-state index < -0.39 is 0 Å². The van der Waals surface area contributed by atoms with Crippen LogP contribution in [0.15, 0.2) is 4.99 Å². The zero-order chi connectivity index (χ0) is 15.2. The molecule has 3 heterocycles. The minimum atomic E-state index is 0. The Morgan fingerprint density at radius 2 is 1.74 bits per heavy atom. The minimum Gasteiger partial charge on any atom is -0.370 e. The van der Waals surface area contributed by atoms with E-state index in [-0.39, 0.29) is 24.0 Å². The van der Waals surface area contributed by atoms with E-state index in [4.69, 9.17) is 5.73 Å². The number of nitrogens with zero attached hydrogens (tertiary/aromatic N) is 5. The normalized spacial score (nSPS) is 19.0. The summed E-state index contributed by atoms with van der Waals surface area (Å²) in [5.74, 6) is 3.02. The van der Waals surface area contributed by atoms with E-state index in [1.165, 1.54) is 44.3 Å². The molecular formula is C16H29IN6. The molecule has 3 rings (SSSR count). The number of guanidine groups is 1. The first-order valence-electron chi connectivity index (χ1n) is 8.80. The highest BCUT2D eigenvalue weighted by molar-refractivity contribution is 14.0. The summed E-state index contributed by atoms with van der Waals surface area (Å²) in [6.45, 7) is 3.99. The number of nitrogens with two attached hydrogens (primary N) is 1. The van der Waals surface area contributed by atoms with Crippen LogP contribution in [0.2, 0.25) is 0 Å². The molecule has 0 spiro atoms. The highest BCUT2D eigenvalue weighted by Gasteiger charge is 2.14. The Balaban J connectivity index is 0.00000192. The maximum atomic E-state index is 6.08. The van der Waals surface area contributed by atoms with Gasteiger partial charge in [0.25, 0.3) is 0 Å². The van der Waals surface area contributed by atoms with Crippen LogP contribution >= 0.6 is 24.0 Å². The van der Waals surface area contributed by atoms with Crippen LogP contribution in [0.3, 0.4) is 0 Å². The fourth-order valence-corrected chi connectivity index (χ4v) is 3.38. The van der Waals surface area contributed by atoms with Gasteiger partial charge in [-0.15, -0.1) is 34.2 Å². The second-order valence-corrected chi connectivity index (χ2v) is 6.39. The summed E-state index contributed by atoms with van der Waals surface area (Å²) in [5.41, 5.74) is 6.08. The van der Waals surface area contributed by atoms with Gasteiger partial charge in [0.15, 0.2) is 5.96 Å². The van der Waals surface area contributed by atoms with Crippen molar-refractivity contribution < 1.29 is 0 Å². The predicted molar refractivity (Wildman–Crippen MR) is 103 cm³/mol. The highest BCUT2D eigenvalue weighted by Crippen LogP contribution is 2.15. The van der Waals surface area contributed by atoms with Crippen LogP contribution in [-0.4, -0.2) is 45.3 Å². The summed E-state index contributed by atoms with van der Waals surface area (Å²) >= 11 is 0. The van der Waals surface area contributed by atoms with Gasteiger partial charge < -0.3 is 15.2 Å². The fraction of sp³-hybridized carbons (Fsp3) is 0.812. The van der Waals surface area contributed by atoms with Crippen molar-refractivity contribution >= 4 is 29.9 Å². The van der Waals surface area contributed by atoms with Crippen molar-refractivity contribution in [3.8, 4) is 0 Å². The van der Waals surface area contributed by atoms with Crippen LogP contribution in [0.1, 0.15) is 56.6 Å². The topological polar surface area (TPSA) is 72.3 Å². The van der Waals surface area contributed by atoms with Crippen LogP contribution < -0.4 is 5.73 Å². The third-order valence-corrected chi connectivity index (χ3v) is 4.70. The van der Waals surface area contributed by atoms with Crippen molar-refractivity contribution in [2.24, 2.45) is 10.7 Å². The van der Waals surface area contributed by atoms with Crippen LogP contribution in [0.25, 0.3) is 0 Å². The monoisotopic (exact) mass is 432 g/mol. The largest absolute Gasteiger partial charge is 0.370 e. The summed E-state index contributed by atoms with van der Waals surface area (Å²) in [6.07, 6.45) is 10.6. The lowest BCUT2D eigenvalue weighted by Crippen LogP contribution is -2.40. The molecule has 0 atom stereocenters. The number of hydrogen-bond acceptors (Lipinski definition) is 3. The van der Waals surface area contributed by atoms with E-state index in [2.05, 4.69) is 24.7 Å². The molecule has 1 saturated heterocycles. The van der Waals surface area contributed by atoms with Crippen molar-refractivity contribution in [1.29, 1.82) is 0 Å². The molecule has 23 heavy (non-hydrogen) atoms. The Kier molecular flexibility index (Phi) is 7.58. The summed E-state index contributed by atoms with van der Waals surface area (Å²) < 4.78 is 2.32. The molecule has 0 bridgehead atoms. The molecule has 7 heteroatoms. The first-order chi connectivity index (χ1) is 10.8. The molecule has 0 radical (unpaired) electrons. The van der Waals surface area contributed by atoms with Gasteiger partial charge >= 0.3 is 0 Å². The number of aryl methyl sites for hydroxylation is 2. The molecule has 6 nitrogen and oxygen atoms in total. The maximum absolute atomic E-state index is 6.08. The fourth-order valence-electron chi connectivity index (χ4n) is 3.38. The van der Waals surface area contributed by atoms with Gasteiger partial charge in [-0.05, 0) is 38.5 Å². The second-order valence-electron chi connectivity index (χ2n) is 6.39.